The lowest BCUT2D eigenvalue weighted by Gasteiger charge is -2.36. The van der Waals surface area contributed by atoms with Crippen molar-refractivity contribution >= 4 is 51.6 Å². The molecule has 1 fully saturated rings. The molecule has 1 aromatic carbocycles. The molecule has 7 nitrogen and oxygen atoms in total. The molecule has 2 aliphatic rings. The van der Waals surface area contributed by atoms with Crippen LogP contribution in [-0.2, 0) is 4.79 Å². The Morgan fingerprint density at radius 3 is 2.41 bits per heavy atom. The zero-order valence-corrected chi connectivity index (χ0v) is 15.9. The summed E-state index contributed by atoms with van der Waals surface area (Å²) in [5.41, 5.74) is 1.06. The van der Waals surface area contributed by atoms with E-state index in [4.69, 9.17) is 0 Å². The number of nitro benzene ring substituents is 1. The molecule has 9 heteroatoms. The Labute approximate surface area is 164 Å². The van der Waals surface area contributed by atoms with Crippen molar-refractivity contribution in [3.63, 3.8) is 0 Å². The number of piperazine rings is 1. The molecule has 0 N–H and O–H groups in total. The maximum absolute atomic E-state index is 12.2. The quantitative estimate of drug-likeness (QED) is 0.446. The van der Waals surface area contributed by atoms with Crippen LogP contribution in [0.1, 0.15) is 4.88 Å². The van der Waals surface area contributed by atoms with Crippen LogP contribution >= 0.6 is 23.1 Å². The number of amidine groups is 1. The Morgan fingerprint density at radius 1 is 1.07 bits per heavy atom. The van der Waals surface area contributed by atoms with E-state index in [2.05, 4.69) is 14.8 Å². The molecule has 4 rings (SSSR count). The van der Waals surface area contributed by atoms with Gasteiger partial charge in [0.2, 0.25) is 0 Å². The second-order valence-electron chi connectivity index (χ2n) is 6.07. The molecule has 0 spiro atoms. The number of aliphatic imine (C=N–C) groups is 1. The van der Waals surface area contributed by atoms with Crippen LogP contribution in [0.25, 0.3) is 6.08 Å². The van der Waals surface area contributed by atoms with Crippen molar-refractivity contribution in [1.29, 1.82) is 0 Å². The topological polar surface area (TPSA) is 79.0 Å². The minimum Gasteiger partial charge on any atom is -0.368 e. The second kappa shape index (κ2) is 7.53. The first-order chi connectivity index (χ1) is 13.1. The Bertz CT molecular complexity index is 915. The van der Waals surface area contributed by atoms with Gasteiger partial charge < -0.3 is 9.80 Å². The summed E-state index contributed by atoms with van der Waals surface area (Å²) >= 11 is 3.02. The molecule has 138 valence electrons. The summed E-state index contributed by atoms with van der Waals surface area (Å²) in [6.07, 6.45) is 1.89. The van der Waals surface area contributed by atoms with E-state index in [0.29, 0.717) is 4.91 Å². The van der Waals surface area contributed by atoms with Gasteiger partial charge in [0.1, 0.15) is 0 Å². The van der Waals surface area contributed by atoms with Crippen LogP contribution in [0.2, 0.25) is 0 Å². The van der Waals surface area contributed by atoms with Gasteiger partial charge in [-0.05, 0) is 41.4 Å². The van der Waals surface area contributed by atoms with Gasteiger partial charge in [0.05, 0.1) is 9.83 Å². The summed E-state index contributed by atoms with van der Waals surface area (Å²) in [7, 11) is 0. The Kier molecular flexibility index (Phi) is 4.95. The maximum atomic E-state index is 12.2. The summed E-state index contributed by atoms with van der Waals surface area (Å²) in [5.74, 6) is -0.179. The highest BCUT2D eigenvalue weighted by atomic mass is 32.2. The number of hydrogen-bond acceptors (Lipinski definition) is 7. The third kappa shape index (κ3) is 3.88. The molecule has 1 amide bonds. The SMILES string of the molecule is O=C1N=C(N2CCN(c3ccc([N+](=O)[O-])cc3)CC2)S/C1=C/c1cccs1. The average Bonchev–Trinajstić information content (AvgIpc) is 3.32. The van der Waals surface area contributed by atoms with Crippen LogP contribution < -0.4 is 4.90 Å². The number of thioether (sulfide) groups is 1. The predicted molar refractivity (Wildman–Crippen MR) is 109 cm³/mol. The third-order valence-electron chi connectivity index (χ3n) is 4.40. The van der Waals surface area contributed by atoms with E-state index in [-0.39, 0.29) is 11.6 Å². The molecular formula is C18H16N4O3S2. The molecule has 0 aliphatic carbocycles. The van der Waals surface area contributed by atoms with E-state index < -0.39 is 4.92 Å². The smallest absolute Gasteiger partial charge is 0.286 e. The van der Waals surface area contributed by atoms with Gasteiger partial charge >= 0.3 is 0 Å². The van der Waals surface area contributed by atoms with Crippen LogP contribution in [0.4, 0.5) is 11.4 Å². The largest absolute Gasteiger partial charge is 0.368 e. The predicted octanol–water partition coefficient (Wildman–Crippen LogP) is 3.45. The molecule has 0 unspecified atom stereocenters. The van der Waals surface area contributed by atoms with Crippen LogP contribution in [0.15, 0.2) is 51.7 Å². The number of nitro groups is 1. The van der Waals surface area contributed by atoms with E-state index in [0.717, 1.165) is 41.9 Å². The molecule has 3 heterocycles. The first kappa shape index (κ1) is 17.7. The zero-order valence-electron chi connectivity index (χ0n) is 14.3. The molecule has 1 aromatic heterocycles. The van der Waals surface area contributed by atoms with Crippen LogP contribution in [0.3, 0.4) is 0 Å². The Balaban J connectivity index is 1.37. The number of thiophene rings is 1. The standard InChI is InChI=1S/C18H16N4O3S2/c23-17-16(12-15-2-1-11-26-15)27-18(19-17)21-9-7-20(8-10-21)13-3-5-14(6-4-13)22(24)25/h1-6,11-12H,7-10H2/b16-12+. The van der Waals surface area contributed by atoms with Gasteiger partial charge in [-0.1, -0.05) is 6.07 Å². The fraction of sp³-hybridized carbons (Fsp3) is 0.222. The van der Waals surface area contributed by atoms with Crippen molar-refractivity contribution in [3.05, 3.63) is 61.7 Å². The van der Waals surface area contributed by atoms with E-state index in [1.807, 2.05) is 23.6 Å². The lowest BCUT2D eigenvalue weighted by Crippen LogP contribution is -2.47. The summed E-state index contributed by atoms with van der Waals surface area (Å²) in [5, 5.41) is 13.5. The van der Waals surface area contributed by atoms with Crippen LogP contribution in [0.5, 0.6) is 0 Å². The molecule has 2 aromatic rings. The monoisotopic (exact) mass is 400 g/mol. The van der Waals surface area contributed by atoms with E-state index in [1.54, 1.807) is 23.5 Å². The van der Waals surface area contributed by atoms with Gasteiger partial charge in [-0.15, -0.1) is 11.3 Å². The van der Waals surface area contributed by atoms with Crippen LogP contribution in [0, 0.1) is 10.1 Å². The highest BCUT2D eigenvalue weighted by Crippen LogP contribution is 2.32. The number of nitrogens with zero attached hydrogens (tertiary/aromatic N) is 4. The average molecular weight is 400 g/mol. The fourth-order valence-corrected chi connectivity index (χ4v) is 4.66. The Morgan fingerprint density at radius 2 is 1.78 bits per heavy atom. The molecule has 27 heavy (non-hydrogen) atoms. The number of rotatable bonds is 3. The number of anilines is 1. The fourth-order valence-electron chi connectivity index (χ4n) is 2.98. The normalized spacial score (nSPS) is 18.9. The molecule has 0 bridgehead atoms. The van der Waals surface area contributed by atoms with Gasteiger partial charge in [-0.3, -0.25) is 14.9 Å². The molecule has 1 saturated heterocycles. The number of hydrogen-bond donors (Lipinski definition) is 0. The van der Waals surface area contributed by atoms with Crippen LogP contribution in [-0.4, -0.2) is 47.1 Å². The number of amides is 1. The zero-order chi connectivity index (χ0) is 18.8. The van der Waals surface area contributed by atoms with Crippen molar-refractivity contribution in [2.45, 2.75) is 0 Å². The highest BCUT2D eigenvalue weighted by Gasteiger charge is 2.28. The van der Waals surface area contributed by atoms with Gasteiger partial charge in [0, 0.05) is 48.9 Å². The summed E-state index contributed by atoms with van der Waals surface area (Å²) in [6.45, 7) is 3.05. The molecular weight excluding hydrogens is 384 g/mol. The van der Waals surface area contributed by atoms with Crippen molar-refractivity contribution in [2.24, 2.45) is 4.99 Å². The molecule has 0 saturated carbocycles. The number of carbonyl (C=O) groups excluding carboxylic acids is 1. The first-order valence-corrected chi connectivity index (χ1v) is 10.1. The Hall–Kier alpha value is -2.65. The molecule has 2 aliphatic heterocycles. The number of non-ortho nitro benzene ring substituents is 1. The summed E-state index contributed by atoms with van der Waals surface area (Å²) < 4.78 is 0. The maximum Gasteiger partial charge on any atom is 0.286 e. The van der Waals surface area contributed by atoms with Crippen molar-refractivity contribution in [3.8, 4) is 0 Å². The van der Waals surface area contributed by atoms with E-state index >= 15 is 0 Å². The third-order valence-corrected chi connectivity index (χ3v) is 6.27. The van der Waals surface area contributed by atoms with Gasteiger partial charge in [-0.25, -0.2) is 0 Å². The van der Waals surface area contributed by atoms with Crippen molar-refractivity contribution in [2.75, 3.05) is 31.1 Å². The molecule has 0 atom stereocenters. The van der Waals surface area contributed by atoms with Gasteiger partial charge in [0.15, 0.2) is 5.17 Å². The highest BCUT2D eigenvalue weighted by molar-refractivity contribution is 8.18. The van der Waals surface area contributed by atoms with E-state index in [1.165, 1.54) is 23.9 Å². The first-order valence-electron chi connectivity index (χ1n) is 8.40. The second-order valence-corrected chi connectivity index (χ2v) is 8.06. The number of carbonyl (C=O) groups is 1. The minimum atomic E-state index is -0.393. The summed E-state index contributed by atoms with van der Waals surface area (Å²) in [4.78, 5) is 32.8. The lowest BCUT2D eigenvalue weighted by atomic mass is 10.2. The van der Waals surface area contributed by atoms with E-state index in [9.17, 15) is 14.9 Å². The summed E-state index contributed by atoms with van der Waals surface area (Å²) in [6, 6.07) is 10.5. The minimum absolute atomic E-state index is 0.0951. The van der Waals surface area contributed by atoms with Gasteiger partial charge in [0.25, 0.3) is 11.6 Å². The molecule has 0 radical (unpaired) electrons. The lowest BCUT2D eigenvalue weighted by molar-refractivity contribution is -0.384. The van der Waals surface area contributed by atoms with Crippen molar-refractivity contribution in [1.82, 2.24) is 4.90 Å². The van der Waals surface area contributed by atoms with Gasteiger partial charge in [-0.2, -0.15) is 4.99 Å². The van der Waals surface area contributed by atoms with Crippen molar-refractivity contribution < 1.29 is 9.72 Å². The number of benzene rings is 1.